The topological polar surface area (TPSA) is 648 Å². The molecule has 1 saturated heterocycles. The Kier molecular flexibility index (Phi) is 68.6. The summed E-state index contributed by atoms with van der Waals surface area (Å²) in [6.45, 7) is 12.7. The monoisotopic (exact) mass is 2250 g/mol. The molecule has 16 N–H and O–H groups in total. The lowest BCUT2D eigenvalue weighted by atomic mass is 10.1. The number of hydrogen-bond donors (Lipinski definition) is 16. The minimum atomic E-state index is -1.54. The van der Waals surface area contributed by atoms with Gasteiger partial charge < -0.3 is 155 Å². The number of amides is 8. The Balaban J connectivity index is 0.823. The molecule has 1 aliphatic rings. The zero-order valence-electron chi connectivity index (χ0n) is 84.8. The number of benzene rings is 2. The number of carbonyl (C=O) groups is 12. The third kappa shape index (κ3) is 62.6. The number of anilines is 2. The van der Waals surface area contributed by atoms with Gasteiger partial charge in [-0.25, -0.2) is 48.2 Å². The van der Waals surface area contributed by atoms with Crippen LogP contribution in [0.25, 0.3) is 11.3 Å². The third-order valence-corrected chi connectivity index (χ3v) is 22.9. The highest BCUT2D eigenvalue weighted by molar-refractivity contribution is 14.1. The number of aromatic nitrogens is 5. The maximum atomic E-state index is 13.7. The molecule has 0 spiro atoms. The van der Waals surface area contributed by atoms with Crippen molar-refractivity contribution in [3.8, 4) is 11.3 Å². The van der Waals surface area contributed by atoms with Crippen LogP contribution in [-0.4, -0.2) is 417 Å². The molecule has 52 heteroatoms. The van der Waals surface area contributed by atoms with Crippen molar-refractivity contribution < 1.29 is 159 Å². The Hall–Kier alpha value is -11.1. The Morgan fingerprint density at radius 1 is 0.387 bits per heavy atom. The van der Waals surface area contributed by atoms with Crippen molar-refractivity contribution in [1.82, 2.24) is 77.3 Å². The highest BCUT2D eigenvalue weighted by atomic mass is 127. The van der Waals surface area contributed by atoms with Crippen molar-refractivity contribution >= 4 is 123 Å². The van der Waals surface area contributed by atoms with Crippen molar-refractivity contribution in [3.63, 3.8) is 0 Å². The van der Waals surface area contributed by atoms with Crippen LogP contribution in [0.15, 0.2) is 85.1 Å². The maximum absolute atomic E-state index is 13.7. The van der Waals surface area contributed by atoms with E-state index in [1.165, 1.54) is 17.7 Å². The summed E-state index contributed by atoms with van der Waals surface area (Å²) in [5.74, 6) is -8.89. The summed E-state index contributed by atoms with van der Waals surface area (Å²) in [5.41, 5.74) is 4.03. The van der Waals surface area contributed by atoms with Crippen LogP contribution in [0.4, 0.5) is 21.0 Å². The summed E-state index contributed by atoms with van der Waals surface area (Å²) in [7, 11) is 0. The molecule has 8 amide bonds. The average molecular weight is 2250 g/mol. The molecule has 0 unspecified atom stereocenters. The first-order valence-electron chi connectivity index (χ1n) is 50.2. The van der Waals surface area contributed by atoms with Gasteiger partial charge in [0.2, 0.25) is 23.6 Å². The lowest BCUT2D eigenvalue weighted by Crippen LogP contribution is -2.51. The summed E-state index contributed by atoms with van der Waals surface area (Å²) in [6, 6.07) is 16.6. The smallest absolute Gasteiger partial charge is 0.354 e. The molecule has 1 aliphatic heterocycles. The second-order valence-electron chi connectivity index (χ2n) is 33.8. The molecule has 836 valence electrons. The Labute approximate surface area is 890 Å². The van der Waals surface area contributed by atoms with Gasteiger partial charge >= 0.3 is 47.9 Å². The lowest BCUT2D eigenvalue weighted by Gasteiger charge is -2.23. The zero-order valence-corrected chi connectivity index (χ0v) is 87.8. The number of thiocarbonyl (C=S) groups is 1. The Morgan fingerprint density at radius 3 is 1.34 bits per heavy atom. The van der Waals surface area contributed by atoms with Gasteiger partial charge in [-0.2, -0.15) is 0 Å². The standard InChI is InChI=1S/C98H148IN17O33S/c99-74-21-19-72(20-22-74)10-7-18-86(117)100-27-4-2-15-81(92(125)126)109-88(119)26-37-136-45-53-144-56-58-146-60-62-148-64-65-149-63-61-147-59-57-145-54-46-137-38-30-101-90(122)79(14-1-6-29-103-98(150)107-77-67-78(105-84(68-77)95(131)132)70-115-33-41-140-49-47-138-39-31-114(32-40-139-48-50-141-42-34-115)69-76-13-9-17-80(104-76)91(123)124)108-87(118)25-36-135-44-52-143-55-51-142-43-35-116-71-85(112-113-116)73-11-8-12-75(66-73)106-96(133)102-28-5-3-16-82(93(127)128)110-97(134)111-83(94(129)130)23-24-89(120)121/h8-9,11-13,17,19-22,66-68,71,79,81-83H,1-7,10,14-16,18,23-65,69-70H2,(H,100,117)(H,101,122)(H,108,118)(H,109,119)(H,120,121)(H,123,124)(H,125,126)(H,127,128)(H,129,130)(H,131,132)(H2,102,106,133)(H2,110,111,134)(H2,103,105,107,150)/t79-,81-,82-,83-/m0/s1. The van der Waals surface area contributed by atoms with Gasteiger partial charge in [0.05, 0.1) is 222 Å². The highest BCUT2D eigenvalue weighted by Gasteiger charge is 2.28. The number of rotatable bonds is 78. The molecular formula is C98H148IN17O33S. The molecule has 6 rings (SSSR count). The number of hydrogen-bond acceptors (Lipinski definition) is 34. The van der Waals surface area contributed by atoms with E-state index in [1.54, 1.807) is 53.3 Å². The molecule has 0 aliphatic carbocycles. The van der Waals surface area contributed by atoms with Crippen LogP contribution in [0.3, 0.4) is 0 Å². The zero-order chi connectivity index (χ0) is 108. The summed E-state index contributed by atoms with van der Waals surface area (Å²) >= 11 is 7.92. The SMILES string of the molecule is O=C(O)CC[C@H](NC(=O)N[C@@H](CCCCNC(=O)Nc1cccc(-c2cn(CCOCCOCCOCCC(=O)N[C@@H](CCCCNC(=S)Nc3cc(CN4CCOCCOCCN(Cc5cccc(C(=O)O)n5)CCOCCOCC4)nc(C(=O)O)c3)C(=O)NCCOCCOCCOCCOCCOCCOCCOCCOCCC(=O)N[C@@H](CCCCNC(=O)CCCc3ccc(I)cc3)C(=O)O)nn2)c1)C(=O)O)C(=O)O. The van der Waals surface area contributed by atoms with E-state index in [1.807, 2.05) is 17.0 Å². The van der Waals surface area contributed by atoms with Crippen LogP contribution < -0.4 is 53.2 Å². The molecule has 4 heterocycles. The number of carboxylic acids is 6. The van der Waals surface area contributed by atoms with Crippen molar-refractivity contribution in [3.05, 3.63) is 117 Å². The first-order valence-corrected chi connectivity index (χ1v) is 51.7. The van der Waals surface area contributed by atoms with Gasteiger partial charge in [-0.3, -0.25) is 33.8 Å². The van der Waals surface area contributed by atoms with Crippen molar-refractivity contribution in [2.24, 2.45) is 0 Å². The van der Waals surface area contributed by atoms with E-state index in [-0.39, 0.29) is 160 Å². The van der Waals surface area contributed by atoms with Gasteiger partial charge in [0.25, 0.3) is 0 Å². The van der Waals surface area contributed by atoms with Crippen molar-refractivity contribution in [2.75, 3.05) is 261 Å². The number of nitrogens with zero attached hydrogens (tertiary/aromatic N) is 7. The van der Waals surface area contributed by atoms with Gasteiger partial charge in [-0.15, -0.1) is 5.10 Å². The first-order chi connectivity index (χ1) is 72.7. The van der Waals surface area contributed by atoms with Crippen molar-refractivity contribution in [1.29, 1.82) is 0 Å². The predicted molar refractivity (Wildman–Crippen MR) is 554 cm³/mol. The minimum absolute atomic E-state index is 0.00420. The van der Waals surface area contributed by atoms with Gasteiger partial charge in [-0.1, -0.05) is 35.5 Å². The van der Waals surface area contributed by atoms with Gasteiger partial charge in [0.15, 0.2) is 10.8 Å². The number of urea groups is 2. The number of nitrogens with one attached hydrogen (secondary N) is 10. The molecule has 50 nitrogen and oxygen atoms in total. The average Bonchev–Trinajstić information content (AvgIpc) is 1.15. The van der Waals surface area contributed by atoms with Crippen LogP contribution in [-0.2, 0) is 135 Å². The number of pyridine rings is 2. The number of unbranched alkanes of at least 4 members (excludes halogenated alkanes) is 3. The molecule has 5 aromatic rings. The summed E-state index contributed by atoms with van der Waals surface area (Å²) in [5, 5.41) is 92.6. The molecule has 0 saturated carbocycles. The summed E-state index contributed by atoms with van der Waals surface area (Å²) < 4.78 is 88.2. The maximum Gasteiger partial charge on any atom is 0.354 e. The number of ether oxygens (including phenoxy) is 15. The molecule has 1 fully saturated rings. The van der Waals surface area contributed by atoms with E-state index in [4.69, 9.17) is 88.4 Å². The summed E-state index contributed by atoms with van der Waals surface area (Å²) in [4.78, 5) is 159. The number of halogens is 1. The molecule has 2 aromatic carbocycles. The quantitative estimate of drug-likeness (QED) is 0.0148. The van der Waals surface area contributed by atoms with Crippen LogP contribution >= 0.6 is 34.8 Å². The molecule has 0 bridgehead atoms. The van der Waals surface area contributed by atoms with E-state index in [0.717, 1.165) is 16.4 Å². The van der Waals surface area contributed by atoms with E-state index in [2.05, 4.69) is 113 Å². The fraction of sp³-hybridized carbons (Fsp3) is 0.622. The summed E-state index contributed by atoms with van der Waals surface area (Å²) in [6.07, 6.45) is 5.80. The third-order valence-electron chi connectivity index (χ3n) is 21.9. The van der Waals surface area contributed by atoms with E-state index in [9.17, 15) is 83.1 Å². The van der Waals surface area contributed by atoms with Crippen molar-refractivity contribution in [2.45, 2.75) is 147 Å². The number of carboxylic acid groups (broad SMARTS) is 6. The Morgan fingerprint density at radius 2 is 0.833 bits per heavy atom. The predicted octanol–water partition coefficient (Wildman–Crippen LogP) is 4.08. The van der Waals surface area contributed by atoms with Gasteiger partial charge in [0, 0.05) is 112 Å². The molecular weight excluding hydrogens is 2100 g/mol. The van der Waals surface area contributed by atoms with Crippen LogP contribution in [0.5, 0.6) is 0 Å². The molecule has 0 radical (unpaired) electrons. The number of aromatic carboxylic acids is 2. The van der Waals surface area contributed by atoms with E-state index < -0.39 is 103 Å². The fourth-order valence-corrected chi connectivity index (χ4v) is 14.7. The highest BCUT2D eigenvalue weighted by Crippen LogP contribution is 2.22. The van der Waals surface area contributed by atoms with Gasteiger partial charge in [-0.05, 0) is 166 Å². The number of carbonyl (C=O) groups excluding carboxylic acids is 6. The minimum Gasteiger partial charge on any atom is -0.481 e. The van der Waals surface area contributed by atoms with Gasteiger partial charge in [0.1, 0.15) is 35.6 Å². The molecule has 3 aromatic heterocycles. The number of aliphatic carboxylic acids is 4. The second kappa shape index (κ2) is 80.7. The second-order valence-corrected chi connectivity index (χ2v) is 35.5. The van der Waals surface area contributed by atoms with E-state index >= 15 is 0 Å². The number of aryl methyl sites for hydroxylation is 1. The van der Waals surface area contributed by atoms with Crippen LogP contribution in [0.2, 0.25) is 0 Å². The Bertz CT molecular complexity index is 4720. The van der Waals surface area contributed by atoms with Crippen LogP contribution in [0.1, 0.15) is 134 Å². The fourth-order valence-electron chi connectivity index (χ4n) is 14.1. The van der Waals surface area contributed by atoms with E-state index in [0.29, 0.717) is 244 Å². The largest absolute Gasteiger partial charge is 0.481 e. The normalized spacial score (nSPS) is 13.8. The molecule has 150 heavy (non-hydrogen) atoms. The van der Waals surface area contributed by atoms with Crippen LogP contribution in [0, 0.1) is 3.57 Å². The molecule has 4 atom stereocenters. The lowest BCUT2D eigenvalue weighted by molar-refractivity contribution is -0.142. The first kappa shape index (κ1) is 128.